The van der Waals surface area contributed by atoms with Crippen molar-refractivity contribution in [3.8, 4) is 11.3 Å². The summed E-state index contributed by atoms with van der Waals surface area (Å²) >= 11 is 5.85. The summed E-state index contributed by atoms with van der Waals surface area (Å²) in [5.41, 5.74) is 2.47. The van der Waals surface area contributed by atoms with Crippen molar-refractivity contribution in [1.29, 1.82) is 0 Å². The molecule has 2 N–H and O–H groups in total. The van der Waals surface area contributed by atoms with Crippen molar-refractivity contribution in [2.45, 2.75) is 19.9 Å². The summed E-state index contributed by atoms with van der Waals surface area (Å²) in [5.74, 6) is 0. The van der Waals surface area contributed by atoms with Crippen LogP contribution in [0, 0.1) is 0 Å². The number of halogens is 1. The second kappa shape index (κ2) is 6.55. The van der Waals surface area contributed by atoms with Crippen molar-refractivity contribution in [2.75, 3.05) is 6.54 Å². The van der Waals surface area contributed by atoms with Gasteiger partial charge in [0.15, 0.2) is 0 Å². The minimum Gasteiger partial charge on any atom is -0.322 e. The van der Waals surface area contributed by atoms with Gasteiger partial charge >= 0.3 is 0 Å². The van der Waals surface area contributed by atoms with Crippen LogP contribution in [0.5, 0.6) is 0 Å². The van der Waals surface area contributed by atoms with Gasteiger partial charge in [-0.05, 0) is 36.7 Å². The summed E-state index contributed by atoms with van der Waals surface area (Å²) in [5, 5.41) is 3.91. The van der Waals surface area contributed by atoms with E-state index in [2.05, 4.69) is 17.2 Å². The van der Waals surface area contributed by atoms with Gasteiger partial charge in [-0.2, -0.15) is 0 Å². The lowest BCUT2D eigenvalue weighted by Crippen LogP contribution is -2.21. The molecule has 100 valence electrons. The molecule has 2 rings (SSSR count). The fraction of sp³-hybridized carbons (Fsp3) is 0.267. The van der Waals surface area contributed by atoms with Crippen LogP contribution in [0.3, 0.4) is 0 Å². The van der Waals surface area contributed by atoms with Crippen LogP contribution in [0.25, 0.3) is 11.3 Å². The molecular weight excluding hydrogens is 260 g/mol. The molecule has 0 fully saturated rings. The molecule has 3 nitrogen and oxygen atoms in total. The molecule has 1 aromatic heterocycles. The van der Waals surface area contributed by atoms with Crippen molar-refractivity contribution in [3.63, 3.8) is 0 Å². The van der Waals surface area contributed by atoms with E-state index in [4.69, 9.17) is 11.6 Å². The Labute approximate surface area is 117 Å². The van der Waals surface area contributed by atoms with E-state index in [9.17, 15) is 4.79 Å². The van der Waals surface area contributed by atoms with Gasteiger partial charge in [-0.25, -0.2) is 0 Å². The zero-order valence-corrected chi connectivity index (χ0v) is 11.6. The largest absolute Gasteiger partial charge is 0.322 e. The predicted octanol–water partition coefficient (Wildman–Crippen LogP) is 3.19. The average Bonchev–Trinajstić information content (AvgIpc) is 2.42. The predicted molar refractivity (Wildman–Crippen MR) is 79.5 cm³/mol. The highest BCUT2D eigenvalue weighted by Gasteiger charge is 2.03. The molecule has 0 spiro atoms. The molecule has 1 aromatic carbocycles. The minimum absolute atomic E-state index is 0.0453. The lowest BCUT2D eigenvalue weighted by atomic mass is 10.1. The van der Waals surface area contributed by atoms with Gasteiger partial charge in [-0.15, -0.1) is 0 Å². The average molecular weight is 277 g/mol. The lowest BCUT2D eigenvalue weighted by Gasteiger charge is -2.05. The van der Waals surface area contributed by atoms with Crippen LogP contribution < -0.4 is 10.9 Å². The monoisotopic (exact) mass is 276 g/mol. The molecule has 0 aliphatic rings. The highest BCUT2D eigenvalue weighted by molar-refractivity contribution is 6.30. The van der Waals surface area contributed by atoms with E-state index in [1.165, 1.54) is 0 Å². The Kier molecular flexibility index (Phi) is 4.77. The normalized spacial score (nSPS) is 10.6. The molecule has 4 heteroatoms. The maximum Gasteiger partial charge on any atom is 0.252 e. The van der Waals surface area contributed by atoms with E-state index in [-0.39, 0.29) is 5.56 Å². The topological polar surface area (TPSA) is 44.9 Å². The van der Waals surface area contributed by atoms with Crippen LogP contribution in [0.15, 0.2) is 41.2 Å². The van der Waals surface area contributed by atoms with Gasteiger partial charge in [0.2, 0.25) is 0 Å². The van der Waals surface area contributed by atoms with Gasteiger partial charge < -0.3 is 10.3 Å². The highest BCUT2D eigenvalue weighted by atomic mass is 35.5. The number of benzene rings is 1. The van der Waals surface area contributed by atoms with E-state index >= 15 is 0 Å². The maximum atomic E-state index is 12.0. The van der Waals surface area contributed by atoms with Crippen molar-refractivity contribution in [1.82, 2.24) is 10.3 Å². The first-order valence-corrected chi connectivity index (χ1v) is 6.77. The molecule has 19 heavy (non-hydrogen) atoms. The van der Waals surface area contributed by atoms with E-state index in [0.29, 0.717) is 11.6 Å². The fourth-order valence-corrected chi connectivity index (χ4v) is 1.97. The SMILES string of the molecule is CCCNCc1ccc(-c2ccc(Cl)cc2)[nH]c1=O. The molecule has 0 unspecified atom stereocenters. The molecule has 0 amide bonds. The van der Waals surface area contributed by atoms with Crippen LogP contribution >= 0.6 is 11.6 Å². The second-order valence-corrected chi connectivity index (χ2v) is 4.85. The molecule has 0 saturated heterocycles. The minimum atomic E-state index is -0.0453. The van der Waals surface area contributed by atoms with Gasteiger partial charge in [0, 0.05) is 22.8 Å². The van der Waals surface area contributed by atoms with Crippen molar-refractivity contribution < 1.29 is 0 Å². The molecule has 2 aromatic rings. The Morgan fingerprint density at radius 1 is 1.16 bits per heavy atom. The standard InChI is InChI=1S/C15H17ClN2O/c1-2-9-17-10-12-5-8-14(18-15(12)19)11-3-6-13(16)7-4-11/h3-8,17H,2,9-10H2,1H3,(H,18,19). The summed E-state index contributed by atoms with van der Waals surface area (Å²) in [7, 11) is 0. The third-order valence-electron chi connectivity index (χ3n) is 2.89. The first-order chi connectivity index (χ1) is 9.20. The summed E-state index contributed by atoms with van der Waals surface area (Å²) < 4.78 is 0. The van der Waals surface area contributed by atoms with Gasteiger partial charge in [0.05, 0.1) is 0 Å². The quantitative estimate of drug-likeness (QED) is 0.824. The number of rotatable bonds is 5. The molecule has 0 atom stereocenters. The number of hydrogen-bond donors (Lipinski definition) is 2. The number of hydrogen-bond acceptors (Lipinski definition) is 2. The summed E-state index contributed by atoms with van der Waals surface area (Å²) in [6, 6.07) is 11.2. The number of nitrogens with one attached hydrogen (secondary N) is 2. The lowest BCUT2D eigenvalue weighted by molar-refractivity contribution is 0.671. The zero-order chi connectivity index (χ0) is 13.7. The Hall–Kier alpha value is -1.58. The van der Waals surface area contributed by atoms with Crippen molar-refractivity contribution >= 4 is 11.6 Å². The van der Waals surface area contributed by atoms with Crippen LogP contribution in [0.4, 0.5) is 0 Å². The van der Waals surface area contributed by atoms with Crippen molar-refractivity contribution in [2.24, 2.45) is 0 Å². The Morgan fingerprint density at radius 3 is 2.53 bits per heavy atom. The van der Waals surface area contributed by atoms with E-state index in [1.807, 2.05) is 36.4 Å². The molecule has 0 radical (unpaired) electrons. The summed E-state index contributed by atoms with van der Waals surface area (Å²) in [6.07, 6.45) is 1.06. The highest BCUT2D eigenvalue weighted by Crippen LogP contribution is 2.18. The smallest absolute Gasteiger partial charge is 0.252 e. The molecule has 1 heterocycles. The Bertz CT molecular complexity index is 590. The van der Waals surface area contributed by atoms with Crippen molar-refractivity contribution in [3.05, 3.63) is 57.3 Å². The van der Waals surface area contributed by atoms with Crippen LogP contribution in [-0.2, 0) is 6.54 Å². The third kappa shape index (κ3) is 3.69. The van der Waals surface area contributed by atoms with Gasteiger partial charge in [-0.3, -0.25) is 4.79 Å². The number of H-pyrrole nitrogens is 1. The van der Waals surface area contributed by atoms with E-state index in [0.717, 1.165) is 29.8 Å². The van der Waals surface area contributed by atoms with Gasteiger partial charge in [0.25, 0.3) is 5.56 Å². The van der Waals surface area contributed by atoms with Crippen LogP contribution in [0.2, 0.25) is 5.02 Å². The summed E-state index contributed by atoms with van der Waals surface area (Å²) in [6.45, 7) is 3.61. The first-order valence-electron chi connectivity index (χ1n) is 6.39. The molecule has 0 aliphatic carbocycles. The first kappa shape index (κ1) is 13.8. The van der Waals surface area contributed by atoms with Crippen LogP contribution in [0.1, 0.15) is 18.9 Å². The number of pyridine rings is 1. The molecular formula is C15H17ClN2O. The summed E-state index contributed by atoms with van der Waals surface area (Å²) in [4.78, 5) is 14.9. The molecule has 0 bridgehead atoms. The number of aromatic amines is 1. The van der Waals surface area contributed by atoms with Gasteiger partial charge in [-0.1, -0.05) is 36.7 Å². The van der Waals surface area contributed by atoms with Crippen LogP contribution in [-0.4, -0.2) is 11.5 Å². The van der Waals surface area contributed by atoms with Gasteiger partial charge in [0.1, 0.15) is 0 Å². The van der Waals surface area contributed by atoms with E-state index < -0.39 is 0 Å². The Morgan fingerprint density at radius 2 is 1.89 bits per heavy atom. The third-order valence-corrected chi connectivity index (χ3v) is 3.14. The van der Waals surface area contributed by atoms with E-state index in [1.54, 1.807) is 0 Å². The Balaban J connectivity index is 2.19. The molecule has 0 aliphatic heterocycles. The zero-order valence-electron chi connectivity index (χ0n) is 10.9. The number of aromatic nitrogens is 1. The second-order valence-electron chi connectivity index (χ2n) is 4.41. The fourth-order valence-electron chi connectivity index (χ4n) is 1.84. The molecule has 0 saturated carbocycles. The maximum absolute atomic E-state index is 12.0.